The maximum atomic E-state index is 13.6. The zero-order chi connectivity index (χ0) is 22.0. The van der Waals surface area contributed by atoms with Crippen molar-refractivity contribution in [2.24, 2.45) is 0 Å². The summed E-state index contributed by atoms with van der Waals surface area (Å²) in [5.41, 5.74) is -2.85. The van der Waals surface area contributed by atoms with E-state index in [4.69, 9.17) is 11.6 Å². The molecule has 4 amide bonds. The zero-order valence-corrected chi connectivity index (χ0v) is 15.9. The molecule has 2 aliphatic heterocycles. The van der Waals surface area contributed by atoms with Gasteiger partial charge in [0.05, 0.1) is 11.3 Å². The second-order valence-corrected chi connectivity index (χ2v) is 7.40. The molecule has 2 heterocycles. The summed E-state index contributed by atoms with van der Waals surface area (Å²) < 4.78 is 52.8. The van der Waals surface area contributed by atoms with E-state index in [2.05, 4.69) is 5.32 Å². The van der Waals surface area contributed by atoms with Crippen molar-refractivity contribution in [3.05, 3.63) is 63.4 Å². The minimum Gasteiger partial charge on any atom is -0.323 e. The van der Waals surface area contributed by atoms with Crippen molar-refractivity contribution in [1.82, 2.24) is 10.2 Å². The highest BCUT2D eigenvalue weighted by Crippen LogP contribution is 2.46. The van der Waals surface area contributed by atoms with Crippen LogP contribution in [0.4, 0.5) is 28.0 Å². The number of anilines is 1. The minimum absolute atomic E-state index is 0.110. The van der Waals surface area contributed by atoms with Crippen LogP contribution < -0.4 is 10.6 Å². The van der Waals surface area contributed by atoms with Crippen LogP contribution in [0.15, 0.2) is 30.3 Å². The molecule has 30 heavy (non-hydrogen) atoms. The van der Waals surface area contributed by atoms with Gasteiger partial charge in [-0.2, -0.15) is 13.2 Å². The van der Waals surface area contributed by atoms with Gasteiger partial charge in [0.25, 0.3) is 11.8 Å². The highest BCUT2D eigenvalue weighted by atomic mass is 35.5. The molecule has 0 aromatic heterocycles. The lowest BCUT2D eigenvalue weighted by Gasteiger charge is -2.30. The first kappa shape index (κ1) is 20.1. The molecule has 11 heteroatoms. The number of alkyl halides is 3. The van der Waals surface area contributed by atoms with Crippen LogP contribution in [0, 0.1) is 12.7 Å². The molecule has 1 spiro atoms. The molecule has 156 valence electrons. The Kier molecular flexibility index (Phi) is 4.32. The molecule has 2 aromatic rings. The number of rotatable bonds is 2. The molecule has 1 fully saturated rings. The van der Waals surface area contributed by atoms with Crippen LogP contribution in [0.5, 0.6) is 0 Å². The number of carbonyl (C=O) groups excluding carboxylic acids is 3. The van der Waals surface area contributed by atoms with Crippen molar-refractivity contribution in [3.8, 4) is 0 Å². The number of hydrogen-bond donors (Lipinski definition) is 2. The first-order chi connectivity index (χ1) is 14.0. The van der Waals surface area contributed by atoms with E-state index in [0.29, 0.717) is 17.7 Å². The van der Waals surface area contributed by atoms with E-state index in [1.54, 1.807) is 13.0 Å². The van der Waals surface area contributed by atoms with Crippen molar-refractivity contribution >= 4 is 35.1 Å². The van der Waals surface area contributed by atoms with E-state index in [0.717, 1.165) is 11.0 Å². The van der Waals surface area contributed by atoms with Gasteiger partial charge in [-0.15, -0.1) is 0 Å². The van der Waals surface area contributed by atoms with Crippen LogP contribution in [0.1, 0.15) is 22.3 Å². The van der Waals surface area contributed by atoms with Gasteiger partial charge in [-0.05, 0) is 42.3 Å². The number of imide groups is 1. The fourth-order valence-electron chi connectivity index (χ4n) is 3.81. The molecule has 0 unspecified atom stereocenters. The largest absolute Gasteiger partial charge is 0.419 e. The SMILES string of the molecule is Cc1cc(Cl)cc2c1NC(=O)[C@@]21C(=O)NC(=O)N1Cc1ccc(F)c(C(F)(F)F)c1. The molecule has 6 nitrogen and oxygen atoms in total. The van der Waals surface area contributed by atoms with Gasteiger partial charge in [0.1, 0.15) is 5.82 Å². The molecule has 2 aliphatic rings. The predicted octanol–water partition coefficient (Wildman–Crippen LogP) is 3.71. The Morgan fingerprint density at radius 3 is 2.40 bits per heavy atom. The Balaban J connectivity index is 1.85. The number of hydrogen-bond acceptors (Lipinski definition) is 3. The standard InChI is InChI=1S/C19H12ClF4N3O3/c1-8-4-10(20)6-12-14(8)25-15(28)18(12)16(29)26-17(30)27(18)7-9-2-3-13(21)11(5-9)19(22,23)24/h2-6H,7H2,1H3,(H,25,28)(H,26,29,30)/t18-/m1/s1. The number of urea groups is 1. The number of fused-ring (bicyclic) bond motifs is 2. The number of aryl methyl sites for hydroxylation is 1. The highest BCUT2D eigenvalue weighted by Gasteiger charge is 2.63. The van der Waals surface area contributed by atoms with Gasteiger partial charge in [0.2, 0.25) is 5.54 Å². The summed E-state index contributed by atoms with van der Waals surface area (Å²) >= 11 is 6.08. The Bertz CT molecular complexity index is 1130. The molecule has 0 saturated carbocycles. The summed E-state index contributed by atoms with van der Waals surface area (Å²) in [7, 11) is 0. The lowest BCUT2D eigenvalue weighted by atomic mass is 9.88. The summed E-state index contributed by atoms with van der Waals surface area (Å²) in [5, 5.41) is 4.78. The molecule has 2 aromatic carbocycles. The van der Waals surface area contributed by atoms with Crippen LogP contribution >= 0.6 is 11.6 Å². The fraction of sp³-hybridized carbons (Fsp3) is 0.211. The molecule has 0 radical (unpaired) electrons. The van der Waals surface area contributed by atoms with E-state index in [9.17, 15) is 31.9 Å². The lowest BCUT2D eigenvalue weighted by Crippen LogP contribution is -2.51. The average molecular weight is 442 g/mol. The van der Waals surface area contributed by atoms with E-state index in [1.807, 2.05) is 5.32 Å². The van der Waals surface area contributed by atoms with Gasteiger partial charge < -0.3 is 5.32 Å². The maximum Gasteiger partial charge on any atom is 0.419 e. The summed E-state index contributed by atoms with van der Waals surface area (Å²) in [6.45, 7) is 1.08. The number of amides is 4. The van der Waals surface area contributed by atoms with Crippen LogP contribution in [-0.2, 0) is 27.8 Å². The highest BCUT2D eigenvalue weighted by molar-refractivity contribution is 6.32. The zero-order valence-electron chi connectivity index (χ0n) is 15.2. The van der Waals surface area contributed by atoms with Crippen molar-refractivity contribution < 1.29 is 31.9 Å². The predicted molar refractivity (Wildman–Crippen MR) is 97.0 cm³/mol. The third kappa shape index (κ3) is 2.74. The van der Waals surface area contributed by atoms with E-state index >= 15 is 0 Å². The van der Waals surface area contributed by atoms with Gasteiger partial charge >= 0.3 is 12.2 Å². The summed E-state index contributed by atoms with van der Waals surface area (Å²) in [6.07, 6.45) is -4.96. The van der Waals surface area contributed by atoms with E-state index in [1.165, 1.54) is 6.07 Å². The summed E-state index contributed by atoms with van der Waals surface area (Å²) in [6, 6.07) is 4.12. The summed E-state index contributed by atoms with van der Waals surface area (Å²) in [4.78, 5) is 39.0. The molecule has 1 atom stereocenters. The van der Waals surface area contributed by atoms with Crippen LogP contribution in [0.2, 0.25) is 5.02 Å². The number of benzene rings is 2. The molecule has 0 bridgehead atoms. The van der Waals surface area contributed by atoms with Gasteiger partial charge in [-0.1, -0.05) is 17.7 Å². The fourth-order valence-corrected chi connectivity index (χ4v) is 4.08. The first-order valence-electron chi connectivity index (χ1n) is 8.57. The third-order valence-electron chi connectivity index (χ3n) is 5.13. The van der Waals surface area contributed by atoms with Crippen molar-refractivity contribution in [3.63, 3.8) is 0 Å². The Morgan fingerprint density at radius 1 is 1.07 bits per heavy atom. The summed E-state index contributed by atoms with van der Waals surface area (Å²) in [5.74, 6) is -3.28. The van der Waals surface area contributed by atoms with E-state index in [-0.39, 0.29) is 21.8 Å². The monoisotopic (exact) mass is 441 g/mol. The Morgan fingerprint density at radius 2 is 1.73 bits per heavy atom. The quantitative estimate of drug-likeness (QED) is 0.424. The average Bonchev–Trinajstić information content (AvgIpc) is 3.06. The van der Waals surface area contributed by atoms with E-state index < -0.39 is 47.5 Å². The normalized spacial score (nSPS) is 20.6. The first-order valence-corrected chi connectivity index (χ1v) is 8.94. The van der Waals surface area contributed by atoms with Gasteiger partial charge in [-0.25, -0.2) is 9.18 Å². The molecular weight excluding hydrogens is 430 g/mol. The maximum absolute atomic E-state index is 13.6. The second kappa shape index (κ2) is 6.43. The lowest BCUT2D eigenvalue weighted by molar-refractivity contribution is -0.140. The van der Waals surface area contributed by atoms with Gasteiger partial charge in [-0.3, -0.25) is 19.8 Å². The van der Waals surface area contributed by atoms with Crippen LogP contribution in [0.25, 0.3) is 0 Å². The number of halogens is 5. The van der Waals surface area contributed by atoms with Crippen LogP contribution in [-0.4, -0.2) is 22.7 Å². The topological polar surface area (TPSA) is 78.5 Å². The molecule has 0 aliphatic carbocycles. The minimum atomic E-state index is -4.96. The van der Waals surface area contributed by atoms with Crippen LogP contribution in [0.3, 0.4) is 0 Å². The van der Waals surface area contributed by atoms with Crippen molar-refractivity contribution in [2.45, 2.75) is 25.2 Å². The Labute approximate surface area is 171 Å². The van der Waals surface area contributed by atoms with Gasteiger partial charge in [0, 0.05) is 17.1 Å². The number of nitrogens with one attached hydrogen (secondary N) is 2. The Hall–Kier alpha value is -3.14. The molecule has 2 N–H and O–H groups in total. The second-order valence-electron chi connectivity index (χ2n) is 6.97. The van der Waals surface area contributed by atoms with Crippen molar-refractivity contribution in [1.29, 1.82) is 0 Å². The van der Waals surface area contributed by atoms with Crippen molar-refractivity contribution in [2.75, 3.05) is 5.32 Å². The molecule has 4 rings (SSSR count). The van der Waals surface area contributed by atoms with Gasteiger partial charge in [0.15, 0.2) is 0 Å². The third-order valence-corrected chi connectivity index (χ3v) is 5.35. The number of carbonyl (C=O) groups is 3. The number of nitrogens with zero attached hydrogens (tertiary/aromatic N) is 1. The molecular formula is C19H12ClF4N3O3. The smallest absolute Gasteiger partial charge is 0.323 e. The molecule has 1 saturated heterocycles.